The molecule has 0 aliphatic heterocycles. The van der Waals surface area contributed by atoms with E-state index in [1.54, 1.807) is 6.92 Å². The van der Waals surface area contributed by atoms with Crippen molar-refractivity contribution in [1.29, 1.82) is 0 Å². The van der Waals surface area contributed by atoms with Crippen LogP contribution in [0.1, 0.15) is 20.3 Å². The Hall–Kier alpha value is 0.288. The van der Waals surface area contributed by atoms with Gasteiger partial charge in [0.1, 0.15) is 5.78 Å². The van der Waals surface area contributed by atoms with Crippen molar-refractivity contribution in [2.45, 2.75) is 20.3 Å². The summed E-state index contributed by atoms with van der Waals surface area (Å²) >= 11 is 0.300. The van der Waals surface area contributed by atoms with Crippen molar-refractivity contribution in [3.05, 3.63) is 0 Å². The van der Waals surface area contributed by atoms with Gasteiger partial charge in [-0.05, 0) is 6.92 Å². The van der Waals surface area contributed by atoms with Gasteiger partial charge in [0.25, 0.3) is 0 Å². The van der Waals surface area contributed by atoms with E-state index in [9.17, 15) is 4.79 Å². The quantitative estimate of drug-likeness (QED) is 0.581. The van der Waals surface area contributed by atoms with E-state index in [-0.39, 0.29) is 5.78 Å². The van der Waals surface area contributed by atoms with E-state index in [4.69, 9.17) is 3.02 Å². The van der Waals surface area contributed by atoms with Gasteiger partial charge in [0, 0.05) is 6.42 Å². The normalized spacial score (nSPS) is 6.00. The number of carbonyl (C=O) groups excluding carboxylic acids is 1. The van der Waals surface area contributed by atoms with Gasteiger partial charge in [0.15, 0.2) is 0 Å². The molecule has 0 bridgehead atoms. The summed E-state index contributed by atoms with van der Waals surface area (Å²) in [4.78, 5) is 9.81. The molecular formula is C4H9O2Sb. The molecule has 0 rings (SSSR count). The summed E-state index contributed by atoms with van der Waals surface area (Å²) in [7, 11) is 0. The average Bonchev–Trinajstić information content (AvgIpc) is 1.73. The van der Waals surface area contributed by atoms with Crippen molar-refractivity contribution in [2.75, 3.05) is 0 Å². The fraction of sp³-hybridized carbons (Fsp3) is 0.750. The predicted octanol–water partition coefficient (Wildman–Crippen LogP) is 0.218. The van der Waals surface area contributed by atoms with Crippen molar-refractivity contribution in [3.63, 3.8) is 0 Å². The number of rotatable bonds is 1. The minimum atomic E-state index is 0.255. The third-order valence-electron chi connectivity index (χ3n) is 0.498. The molecule has 42 valence electrons. The molecule has 0 aliphatic carbocycles. The first-order valence-corrected chi connectivity index (χ1v) is 3.13. The number of Topliss-reactive ketones (excluding diaryl/α,β-unsaturated/α-hetero) is 1. The van der Waals surface area contributed by atoms with Crippen molar-refractivity contribution < 1.29 is 7.81 Å². The molecule has 0 spiro atoms. The van der Waals surface area contributed by atoms with Crippen LogP contribution in [0.2, 0.25) is 0 Å². The van der Waals surface area contributed by atoms with Gasteiger partial charge >= 0.3 is 26.0 Å². The summed E-state index contributed by atoms with van der Waals surface area (Å²) in [5.41, 5.74) is 0. The molecule has 0 radical (unpaired) electrons. The van der Waals surface area contributed by atoms with Crippen LogP contribution in [0.25, 0.3) is 0 Å². The zero-order valence-corrected chi connectivity index (χ0v) is 7.38. The molecule has 0 saturated carbocycles. The fourth-order valence-electron chi connectivity index (χ4n) is 0. The number of hydrogen-bond donors (Lipinski definition) is 0. The van der Waals surface area contributed by atoms with Crippen LogP contribution in [0.5, 0.6) is 0 Å². The van der Waals surface area contributed by atoms with Gasteiger partial charge < -0.3 is 4.79 Å². The van der Waals surface area contributed by atoms with Gasteiger partial charge in [0.2, 0.25) is 0 Å². The second kappa shape index (κ2) is 9.56. The second-order valence-corrected chi connectivity index (χ2v) is 1.06. The van der Waals surface area contributed by atoms with Crippen LogP contribution >= 0.6 is 0 Å². The molecule has 3 heteroatoms. The van der Waals surface area contributed by atoms with Gasteiger partial charge in [-0.15, -0.1) is 0 Å². The van der Waals surface area contributed by atoms with Crippen molar-refractivity contribution >= 4 is 28.8 Å². The molecule has 0 aromatic heterocycles. The van der Waals surface area contributed by atoms with E-state index in [1.165, 1.54) is 0 Å². The molecule has 0 aliphatic rings. The van der Waals surface area contributed by atoms with Crippen LogP contribution in [-0.4, -0.2) is 28.8 Å². The molecule has 0 unspecified atom stereocenters. The summed E-state index contributed by atoms with van der Waals surface area (Å²) in [5, 5.41) is 0. The predicted molar refractivity (Wildman–Crippen MR) is 28.8 cm³/mol. The molecule has 0 aromatic carbocycles. The summed E-state index contributed by atoms with van der Waals surface area (Å²) in [5.74, 6) is 0.255. The zero-order chi connectivity index (χ0) is 6.28. The monoisotopic (exact) mass is 210 g/mol. The van der Waals surface area contributed by atoms with E-state index in [0.29, 0.717) is 29.4 Å². The molecule has 0 amide bonds. The van der Waals surface area contributed by atoms with Crippen LogP contribution < -0.4 is 0 Å². The van der Waals surface area contributed by atoms with Crippen LogP contribution in [-0.2, 0) is 7.81 Å². The first-order chi connectivity index (χ1) is 3.27. The van der Waals surface area contributed by atoms with Crippen LogP contribution in [0.4, 0.5) is 0 Å². The first-order valence-electron chi connectivity index (χ1n) is 1.97. The molecule has 0 aromatic rings. The van der Waals surface area contributed by atoms with E-state index >= 15 is 0 Å². The molecular weight excluding hydrogens is 202 g/mol. The number of hydrogen-bond acceptors (Lipinski definition) is 2. The van der Waals surface area contributed by atoms with E-state index in [1.807, 2.05) is 6.92 Å². The van der Waals surface area contributed by atoms with Crippen molar-refractivity contribution in [2.24, 2.45) is 0 Å². The maximum atomic E-state index is 9.81. The van der Waals surface area contributed by atoms with E-state index in [2.05, 4.69) is 0 Å². The molecule has 7 heavy (non-hydrogen) atoms. The molecule has 0 atom stereocenters. The number of ketones is 1. The summed E-state index contributed by atoms with van der Waals surface area (Å²) < 4.78 is 8.34. The Kier molecular flexibility index (Phi) is 14.1. The topological polar surface area (TPSA) is 34.1 Å². The van der Waals surface area contributed by atoms with Gasteiger partial charge in [-0.3, -0.25) is 0 Å². The SMILES string of the molecule is CCC(C)=O.[O]=[SbH]. The van der Waals surface area contributed by atoms with Crippen molar-refractivity contribution in [1.82, 2.24) is 0 Å². The van der Waals surface area contributed by atoms with E-state index in [0.717, 1.165) is 0 Å². The first kappa shape index (κ1) is 10.3. The minimum absolute atomic E-state index is 0.255. The third kappa shape index (κ3) is 22.1. The summed E-state index contributed by atoms with van der Waals surface area (Å²) in [6, 6.07) is 0. The zero-order valence-electron chi connectivity index (χ0n) is 4.52. The molecule has 0 N–H and O–H groups in total. The average molecular weight is 211 g/mol. The standard InChI is InChI=1S/C4H8O.O.Sb.H/c1-3-4(2)5;;;/h3H2,1-2H3;;;. The Bertz CT molecular complexity index is 53.7. The van der Waals surface area contributed by atoms with Gasteiger partial charge in [-0.1, -0.05) is 6.92 Å². The van der Waals surface area contributed by atoms with E-state index < -0.39 is 0 Å². The third-order valence-corrected chi connectivity index (χ3v) is 0.498. The van der Waals surface area contributed by atoms with Gasteiger partial charge in [0.05, 0.1) is 0 Å². The van der Waals surface area contributed by atoms with Crippen LogP contribution in [0.15, 0.2) is 0 Å². The van der Waals surface area contributed by atoms with Crippen molar-refractivity contribution in [3.8, 4) is 0 Å². The molecule has 0 fully saturated rings. The maximum absolute atomic E-state index is 9.81. The molecule has 2 nitrogen and oxygen atoms in total. The Balaban J connectivity index is 0. The Morgan fingerprint density at radius 1 is 1.57 bits per heavy atom. The van der Waals surface area contributed by atoms with Crippen LogP contribution in [0.3, 0.4) is 0 Å². The summed E-state index contributed by atoms with van der Waals surface area (Å²) in [6.45, 7) is 3.43. The van der Waals surface area contributed by atoms with Gasteiger partial charge in [-0.25, -0.2) is 0 Å². The Morgan fingerprint density at radius 2 is 1.71 bits per heavy atom. The van der Waals surface area contributed by atoms with Crippen LogP contribution in [0, 0.1) is 0 Å². The van der Waals surface area contributed by atoms with Gasteiger partial charge in [-0.2, -0.15) is 0 Å². The molecule has 0 heterocycles. The Labute approximate surface area is 57.2 Å². The summed E-state index contributed by atoms with van der Waals surface area (Å²) in [6.07, 6.45) is 0.667. The Morgan fingerprint density at radius 3 is 1.71 bits per heavy atom. The fourth-order valence-corrected chi connectivity index (χ4v) is 0. The number of carbonyl (C=O) groups is 1. The molecule has 0 saturated heterocycles. The second-order valence-electron chi connectivity index (χ2n) is 1.06.